The highest BCUT2D eigenvalue weighted by Crippen LogP contribution is 2.28. The van der Waals surface area contributed by atoms with Gasteiger partial charge in [-0.3, -0.25) is 4.57 Å². The van der Waals surface area contributed by atoms with Crippen molar-refractivity contribution in [3.8, 4) is 5.82 Å². The highest BCUT2D eigenvalue weighted by molar-refractivity contribution is 5.93. The van der Waals surface area contributed by atoms with E-state index in [4.69, 9.17) is 4.98 Å². The van der Waals surface area contributed by atoms with Crippen molar-refractivity contribution >= 4 is 21.8 Å². The number of aromatic nitrogens is 3. The number of fused-ring (bicyclic) bond motifs is 2. The molecule has 0 saturated carbocycles. The molecule has 0 radical (unpaired) electrons. The summed E-state index contributed by atoms with van der Waals surface area (Å²) in [6, 6.07) is 14.7. The topological polar surface area (TPSA) is 30.7 Å². The Bertz CT molecular complexity index is 1010. The maximum absolute atomic E-state index is 4.85. The van der Waals surface area contributed by atoms with E-state index in [1.807, 2.05) is 6.33 Å². The third kappa shape index (κ3) is 1.75. The number of para-hydroxylation sites is 1. The monoisotopic (exact) mass is 287 g/mol. The Labute approximate surface area is 129 Å². The molecule has 0 spiro atoms. The molecule has 0 aliphatic heterocycles. The molecule has 2 aromatic heterocycles. The van der Waals surface area contributed by atoms with Gasteiger partial charge >= 0.3 is 0 Å². The van der Waals surface area contributed by atoms with Crippen molar-refractivity contribution in [3.63, 3.8) is 0 Å². The molecule has 108 valence electrons. The zero-order valence-electron chi connectivity index (χ0n) is 13.0. The Hall–Kier alpha value is -2.68. The van der Waals surface area contributed by atoms with E-state index in [1.54, 1.807) is 0 Å². The molecule has 4 rings (SSSR count). The molecule has 4 aromatic rings. The van der Waals surface area contributed by atoms with E-state index < -0.39 is 0 Å². The highest BCUT2D eigenvalue weighted by atomic mass is 15.1. The highest BCUT2D eigenvalue weighted by Gasteiger charge is 2.13. The van der Waals surface area contributed by atoms with Crippen LogP contribution in [0.3, 0.4) is 0 Å². The lowest BCUT2D eigenvalue weighted by molar-refractivity contribution is 1.01. The maximum atomic E-state index is 4.85. The Morgan fingerprint density at radius 3 is 2.45 bits per heavy atom. The third-order valence-corrected chi connectivity index (χ3v) is 4.39. The van der Waals surface area contributed by atoms with Crippen LogP contribution in [0.1, 0.15) is 16.8 Å². The Balaban J connectivity index is 2.13. The summed E-state index contributed by atoms with van der Waals surface area (Å²) in [7, 11) is 0. The van der Waals surface area contributed by atoms with Crippen molar-refractivity contribution in [2.45, 2.75) is 20.8 Å². The number of nitrogens with zero attached hydrogens (tertiary/aromatic N) is 3. The van der Waals surface area contributed by atoms with E-state index in [0.717, 1.165) is 27.9 Å². The lowest BCUT2D eigenvalue weighted by Gasteiger charge is -2.12. The number of aryl methyl sites for hydroxylation is 3. The average Bonchev–Trinajstić information content (AvgIpc) is 2.96. The second-order valence-corrected chi connectivity index (χ2v) is 5.75. The maximum Gasteiger partial charge on any atom is 0.146 e. The quantitative estimate of drug-likeness (QED) is 0.516. The van der Waals surface area contributed by atoms with Crippen molar-refractivity contribution in [2.24, 2.45) is 0 Å². The second kappa shape index (κ2) is 4.67. The van der Waals surface area contributed by atoms with Crippen LogP contribution in [0.2, 0.25) is 0 Å². The fraction of sp³-hybridized carbons (Fsp3) is 0.158. The third-order valence-electron chi connectivity index (χ3n) is 4.39. The van der Waals surface area contributed by atoms with E-state index in [0.29, 0.717) is 0 Å². The molecule has 2 heterocycles. The van der Waals surface area contributed by atoms with Crippen LogP contribution in [0.15, 0.2) is 48.8 Å². The van der Waals surface area contributed by atoms with Crippen LogP contribution in [-0.4, -0.2) is 14.5 Å². The van der Waals surface area contributed by atoms with Crippen molar-refractivity contribution < 1.29 is 0 Å². The Morgan fingerprint density at radius 1 is 0.864 bits per heavy atom. The zero-order valence-corrected chi connectivity index (χ0v) is 13.0. The van der Waals surface area contributed by atoms with Crippen molar-refractivity contribution in [2.75, 3.05) is 0 Å². The van der Waals surface area contributed by atoms with Crippen LogP contribution in [0.4, 0.5) is 0 Å². The number of imidazole rings is 1. The van der Waals surface area contributed by atoms with Crippen LogP contribution >= 0.6 is 0 Å². The molecule has 22 heavy (non-hydrogen) atoms. The molecule has 3 heteroatoms. The first-order valence-electron chi connectivity index (χ1n) is 7.46. The van der Waals surface area contributed by atoms with Gasteiger partial charge in [0.05, 0.1) is 11.0 Å². The molecule has 3 nitrogen and oxygen atoms in total. The lowest BCUT2D eigenvalue weighted by atomic mass is 10.1. The van der Waals surface area contributed by atoms with E-state index >= 15 is 0 Å². The number of pyridine rings is 1. The molecule has 0 atom stereocenters. The predicted octanol–water partition coefficient (Wildman–Crippen LogP) is 4.50. The van der Waals surface area contributed by atoms with Crippen LogP contribution in [0.25, 0.3) is 27.6 Å². The second-order valence-electron chi connectivity index (χ2n) is 5.75. The summed E-state index contributed by atoms with van der Waals surface area (Å²) >= 11 is 0. The summed E-state index contributed by atoms with van der Waals surface area (Å²) in [6.45, 7) is 6.28. The molecule has 0 amide bonds. The molecule has 0 aliphatic carbocycles. The van der Waals surface area contributed by atoms with Gasteiger partial charge in [0.25, 0.3) is 0 Å². The van der Waals surface area contributed by atoms with Gasteiger partial charge in [-0.2, -0.15) is 0 Å². The van der Waals surface area contributed by atoms with E-state index in [1.165, 1.54) is 16.5 Å². The standard InChI is InChI=1S/C19H17N3/c1-12-7-6-10-17-18(12)20-11-22(17)19-16-9-5-4-8-15(16)13(2)14(3)21-19/h4-11H,1-3H3. The minimum atomic E-state index is 0.951. The first-order valence-corrected chi connectivity index (χ1v) is 7.46. The van der Waals surface area contributed by atoms with Crippen molar-refractivity contribution in [1.82, 2.24) is 14.5 Å². The summed E-state index contributed by atoms with van der Waals surface area (Å²) < 4.78 is 2.09. The molecular weight excluding hydrogens is 270 g/mol. The minimum absolute atomic E-state index is 0.951. The summed E-state index contributed by atoms with van der Waals surface area (Å²) in [5.74, 6) is 0.951. The lowest BCUT2D eigenvalue weighted by Crippen LogP contribution is -2.01. The average molecular weight is 287 g/mol. The van der Waals surface area contributed by atoms with Crippen LogP contribution in [0.5, 0.6) is 0 Å². The predicted molar refractivity (Wildman–Crippen MR) is 90.6 cm³/mol. The smallest absolute Gasteiger partial charge is 0.146 e. The number of benzene rings is 2. The van der Waals surface area contributed by atoms with Gasteiger partial charge in [0.2, 0.25) is 0 Å². The van der Waals surface area contributed by atoms with Crippen LogP contribution in [0, 0.1) is 20.8 Å². The number of rotatable bonds is 1. The van der Waals surface area contributed by atoms with E-state index in [-0.39, 0.29) is 0 Å². The van der Waals surface area contributed by atoms with E-state index in [2.05, 4.69) is 72.8 Å². The van der Waals surface area contributed by atoms with E-state index in [9.17, 15) is 0 Å². The summed E-state index contributed by atoms with van der Waals surface area (Å²) in [5, 5.41) is 2.41. The zero-order chi connectivity index (χ0) is 15.3. The Kier molecular flexibility index (Phi) is 2.76. The molecule has 0 unspecified atom stereocenters. The van der Waals surface area contributed by atoms with Gasteiger partial charge in [0.15, 0.2) is 0 Å². The molecule has 0 N–H and O–H groups in total. The van der Waals surface area contributed by atoms with Gasteiger partial charge < -0.3 is 0 Å². The van der Waals surface area contributed by atoms with Crippen LogP contribution < -0.4 is 0 Å². The number of hydrogen-bond acceptors (Lipinski definition) is 2. The molecule has 0 saturated heterocycles. The van der Waals surface area contributed by atoms with Gasteiger partial charge in [-0.15, -0.1) is 0 Å². The summed E-state index contributed by atoms with van der Waals surface area (Å²) in [6.07, 6.45) is 1.88. The molecule has 0 fully saturated rings. The molecule has 2 aromatic carbocycles. The van der Waals surface area contributed by atoms with Gasteiger partial charge in [0, 0.05) is 11.1 Å². The minimum Gasteiger partial charge on any atom is -0.282 e. The number of hydrogen-bond donors (Lipinski definition) is 0. The van der Waals surface area contributed by atoms with Gasteiger partial charge in [-0.1, -0.05) is 36.4 Å². The van der Waals surface area contributed by atoms with Crippen molar-refractivity contribution in [1.29, 1.82) is 0 Å². The van der Waals surface area contributed by atoms with Gasteiger partial charge in [-0.25, -0.2) is 9.97 Å². The van der Waals surface area contributed by atoms with Crippen LogP contribution in [-0.2, 0) is 0 Å². The SMILES string of the molecule is Cc1nc(-n2cnc3c(C)cccc32)c2ccccc2c1C. The summed E-state index contributed by atoms with van der Waals surface area (Å²) in [4.78, 5) is 9.42. The summed E-state index contributed by atoms with van der Waals surface area (Å²) in [5.41, 5.74) is 5.61. The molecular formula is C19H17N3. The largest absolute Gasteiger partial charge is 0.282 e. The van der Waals surface area contributed by atoms with Gasteiger partial charge in [0.1, 0.15) is 12.1 Å². The fourth-order valence-corrected chi connectivity index (χ4v) is 3.04. The van der Waals surface area contributed by atoms with Gasteiger partial charge in [-0.05, 0) is 43.4 Å². The molecule has 0 aliphatic rings. The first-order chi connectivity index (χ1) is 10.7. The fourth-order valence-electron chi connectivity index (χ4n) is 3.04. The molecule has 0 bridgehead atoms. The van der Waals surface area contributed by atoms with Crippen molar-refractivity contribution in [3.05, 3.63) is 65.6 Å². The Morgan fingerprint density at radius 2 is 1.64 bits per heavy atom. The normalized spacial score (nSPS) is 11.4. The first kappa shape index (κ1) is 13.0.